The summed E-state index contributed by atoms with van der Waals surface area (Å²) in [5.74, 6) is 0.800. The van der Waals surface area contributed by atoms with Gasteiger partial charge < -0.3 is 5.32 Å². The lowest BCUT2D eigenvalue weighted by Gasteiger charge is -2.39. The van der Waals surface area contributed by atoms with Crippen molar-refractivity contribution < 1.29 is 4.79 Å². The average Bonchev–Trinajstić information content (AvgIpc) is 2.15. The Morgan fingerprint density at radius 1 is 1.50 bits per heavy atom. The SMILES string of the molecule is C=CC(=O)NC(C)(C(C)C)C(C)CC. The zero-order chi connectivity index (χ0) is 11.4. The summed E-state index contributed by atoms with van der Waals surface area (Å²) in [4.78, 5) is 11.3. The highest BCUT2D eigenvalue weighted by atomic mass is 16.1. The summed E-state index contributed by atoms with van der Waals surface area (Å²) < 4.78 is 0. The van der Waals surface area contributed by atoms with E-state index in [9.17, 15) is 4.79 Å². The molecule has 0 fully saturated rings. The Bertz CT molecular complexity index is 210. The minimum Gasteiger partial charge on any atom is -0.347 e. The molecule has 2 atom stereocenters. The summed E-state index contributed by atoms with van der Waals surface area (Å²) in [6.07, 6.45) is 2.40. The molecular weight excluding hydrogens is 174 g/mol. The third-order valence-electron chi connectivity index (χ3n) is 3.41. The summed E-state index contributed by atoms with van der Waals surface area (Å²) in [6.45, 7) is 14.2. The molecule has 0 heterocycles. The van der Waals surface area contributed by atoms with Gasteiger partial charge in [-0.15, -0.1) is 0 Å². The van der Waals surface area contributed by atoms with Crippen molar-refractivity contribution in [3.8, 4) is 0 Å². The van der Waals surface area contributed by atoms with E-state index in [0.29, 0.717) is 11.8 Å². The van der Waals surface area contributed by atoms with Gasteiger partial charge in [0.25, 0.3) is 0 Å². The van der Waals surface area contributed by atoms with Crippen molar-refractivity contribution in [2.45, 2.75) is 46.6 Å². The lowest BCUT2D eigenvalue weighted by molar-refractivity contribution is -0.119. The first-order chi connectivity index (χ1) is 6.38. The molecule has 2 unspecified atom stereocenters. The van der Waals surface area contributed by atoms with Crippen molar-refractivity contribution in [3.63, 3.8) is 0 Å². The largest absolute Gasteiger partial charge is 0.347 e. The van der Waals surface area contributed by atoms with Gasteiger partial charge in [-0.05, 0) is 24.8 Å². The van der Waals surface area contributed by atoms with Gasteiger partial charge in [0.2, 0.25) is 5.91 Å². The molecule has 14 heavy (non-hydrogen) atoms. The Hall–Kier alpha value is -0.790. The van der Waals surface area contributed by atoms with Crippen LogP contribution >= 0.6 is 0 Å². The van der Waals surface area contributed by atoms with Crippen molar-refractivity contribution in [3.05, 3.63) is 12.7 Å². The van der Waals surface area contributed by atoms with Crippen molar-refractivity contribution >= 4 is 5.91 Å². The van der Waals surface area contributed by atoms with E-state index in [0.717, 1.165) is 6.42 Å². The topological polar surface area (TPSA) is 29.1 Å². The van der Waals surface area contributed by atoms with Crippen LogP contribution in [-0.4, -0.2) is 11.4 Å². The molecule has 0 aliphatic rings. The highest BCUT2D eigenvalue weighted by Crippen LogP contribution is 2.28. The first-order valence-corrected chi connectivity index (χ1v) is 5.33. The van der Waals surface area contributed by atoms with Crippen LogP contribution in [0.15, 0.2) is 12.7 Å². The second kappa shape index (κ2) is 5.18. The molecule has 2 heteroatoms. The lowest BCUT2D eigenvalue weighted by Crippen LogP contribution is -2.53. The molecule has 0 spiro atoms. The molecule has 0 bridgehead atoms. The lowest BCUT2D eigenvalue weighted by atomic mass is 9.76. The van der Waals surface area contributed by atoms with Crippen LogP contribution in [0.2, 0.25) is 0 Å². The second-order valence-corrected chi connectivity index (χ2v) is 4.44. The summed E-state index contributed by atoms with van der Waals surface area (Å²) in [7, 11) is 0. The van der Waals surface area contributed by atoms with Gasteiger partial charge in [-0.25, -0.2) is 0 Å². The minimum absolute atomic E-state index is 0.0819. The summed E-state index contributed by atoms with van der Waals surface area (Å²) in [5.41, 5.74) is -0.139. The first-order valence-electron chi connectivity index (χ1n) is 5.33. The Morgan fingerprint density at radius 3 is 2.29 bits per heavy atom. The van der Waals surface area contributed by atoms with E-state index in [1.165, 1.54) is 6.08 Å². The normalized spacial score (nSPS) is 17.3. The van der Waals surface area contributed by atoms with Gasteiger partial charge in [0.15, 0.2) is 0 Å². The molecule has 2 nitrogen and oxygen atoms in total. The summed E-state index contributed by atoms with van der Waals surface area (Å²) in [5, 5.41) is 3.04. The van der Waals surface area contributed by atoms with Gasteiger partial charge in [0.05, 0.1) is 0 Å². The van der Waals surface area contributed by atoms with Crippen LogP contribution < -0.4 is 5.32 Å². The fourth-order valence-corrected chi connectivity index (χ4v) is 1.58. The number of hydrogen-bond acceptors (Lipinski definition) is 1. The molecule has 0 radical (unpaired) electrons. The van der Waals surface area contributed by atoms with E-state index in [1.807, 2.05) is 0 Å². The van der Waals surface area contributed by atoms with E-state index in [-0.39, 0.29) is 11.4 Å². The Labute approximate surface area is 87.8 Å². The molecule has 82 valence electrons. The van der Waals surface area contributed by atoms with Crippen LogP contribution in [0.25, 0.3) is 0 Å². The summed E-state index contributed by atoms with van der Waals surface area (Å²) in [6, 6.07) is 0. The maximum Gasteiger partial charge on any atom is 0.243 e. The van der Waals surface area contributed by atoms with Crippen LogP contribution in [0.1, 0.15) is 41.0 Å². The van der Waals surface area contributed by atoms with Gasteiger partial charge >= 0.3 is 0 Å². The van der Waals surface area contributed by atoms with E-state index < -0.39 is 0 Å². The van der Waals surface area contributed by atoms with Gasteiger partial charge in [-0.3, -0.25) is 4.79 Å². The molecule has 0 aliphatic heterocycles. The van der Waals surface area contributed by atoms with Crippen LogP contribution in [-0.2, 0) is 4.79 Å². The van der Waals surface area contributed by atoms with Gasteiger partial charge in [-0.1, -0.05) is 40.7 Å². The molecule has 0 aromatic rings. The molecule has 0 aliphatic carbocycles. The summed E-state index contributed by atoms with van der Waals surface area (Å²) >= 11 is 0. The molecule has 1 amide bonds. The van der Waals surface area contributed by atoms with Crippen molar-refractivity contribution in [2.75, 3.05) is 0 Å². The van der Waals surface area contributed by atoms with E-state index >= 15 is 0 Å². The molecule has 0 rings (SSSR count). The molecular formula is C12H23NO. The average molecular weight is 197 g/mol. The fraction of sp³-hybridized carbons (Fsp3) is 0.750. The van der Waals surface area contributed by atoms with Crippen LogP contribution in [0.4, 0.5) is 0 Å². The molecule has 0 saturated heterocycles. The number of amides is 1. The Kier molecular flexibility index (Phi) is 4.89. The van der Waals surface area contributed by atoms with Gasteiger partial charge in [-0.2, -0.15) is 0 Å². The minimum atomic E-state index is -0.139. The monoisotopic (exact) mass is 197 g/mol. The van der Waals surface area contributed by atoms with Gasteiger partial charge in [0, 0.05) is 5.54 Å². The zero-order valence-corrected chi connectivity index (χ0v) is 10.1. The number of nitrogens with one attached hydrogen (secondary N) is 1. The van der Waals surface area contributed by atoms with E-state index in [4.69, 9.17) is 0 Å². The maximum absolute atomic E-state index is 11.3. The molecule has 0 saturated carbocycles. The van der Waals surface area contributed by atoms with Crippen LogP contribution in [0.5, 0.6) is 0 Å². The van der Waals surface area contributed by atoms with Crippen molar-refractivity contribution in [1.82, 2.24) is 5.32 Å². The van der Waals surface area contributed by atoms with Gasteiger partial charge in [0.1, 0.15) is 0 Å². The zero-order valence-electron chi connectivity index (χ0n) is 10.1. The quantitative estimate of drug-likeness (QED) is 0.675. The van der Waals surface area contributed by atoms with Crippen molar-refractivity contribution in [1.29, 1.82) is 0 Å². The standard InChI is InChI=1S/C12H23NO/c1-7-10(5)12(6,9(3)4)13-11(14)8-2/h8-10H,2,7H2,1,3-6H3,(H,13,14). The number of carbonyl (C=O) groups is 1. The second-order valence-electron chi connectivity index (χ2n) is 4.44. The Morgan fingerprint density at radius 2 is 2.00 bits per heavy atom. The highest BCUT2D eigenvalue weighted by molar-refractivity contribution is 5.87. The highest BCUT2D eigenvalue weighted by Gasteiger charge is 2.34. The molecule has 0 aromatic carbocycles. The van der Waals surface area contributed by atoms with E-state index in [1.54, 1.807) is 0 Å². The molecule has 1 N–H and O–H groups in total. The van der Waals surface area contributed by atoms with Crippen LogP contribution in [0, 0.1) is 11.8 Å². The predicted molar refractivity (Wildman–Crippen MR) is 61.0 cm³/mol. The van der Waals surface area contributed by atoms with Crippen LogP contribution in [0.3, 0.4) is 0 Å². The van der Waals surface area contributed by atoms with E-state index in [2.05, 4.69) is 46.5 Å². The molecule has 0 aromatic heterocycles. The smallest absolute Gasteiger partial charge is 0.243 e. The Balaban J connectivity index is 4.71. The first kappa shape index (κ1) is 13.2. The number of rotatable bonds is 5. The number of hydrogen-bond donors (Lipinski definition) is 1. The number of carbonyl (C=O) groups excluding carboxylic acids is 1. The predicted octanol–water partition coefficient (Wildman–Crippen LogP) is 2.75. The fourth-order valence-electron chi connectivity index (χ4n) is 1.58. The third kappa shape index (κ3) is 2.86. The maximum atomic E-state index is 11.3. The van der Waals surface area contributed by atoms with Crippen molar-refractivity contribution in [2.24, 2.45) is 11.8 Å². The third-order valence-corrected chi connectivity index (χ3v) is 3.41.